The molecule has 0 bridgehead atoms. The number of hydrogen-bond acceptors (Lipinski definition) is 3. The van der Waals surface area contributed by atoms with Crippen molar-refractivity contribution in [2.75, 3.05) is 7.11 Å². The van der Waals surface area contributed by atoms with Gasteiger partial charge < -0.3 is 9.47 Å². The van der Waals surface area contributed by atoms with E-state index in [4.69, 9.17) is 4.74 Å². The van der Waals surface area contributed by atoms with Gasteiger partial charge in [-0.15, -0.1) is 0 Å². The molecule has 0 N–H and O–H groups in total. The van der Waals surface area contributed by atoms with E-state index in [1.165, 1.54) is 13.2 Å². The maximum Gasteiger partial charge on any atom is 0.334 e. The van der Waals surface area contributed by atoms with E-state index < -0.39 is 6.29 Å². The summed E-state index contributed by atoms with van der Waals surface area (Å²) in [5.41, 5.74) is 0. The highest BCUT2D eigenvalue weighted by atomic mass is 79.9. The van der Waals surface area contributed by atoms with Gasteiger partial charge in [-0.2, -0.15) is 0 Å². The highest BCUT2D eigenvalue weighted by Crippen LogP contribution is 2.20. The van der Waals surface area contributed by atoms with E-state index >= 15 is 0 Å². The normalized spacial score (nSPS) is 25.8. The molecule has 0 radical (unpaired) electrons. The Morgan fingerprint density at radius 1 is 1.89 bits per heavy atom. The Balaban J connectivity index is 2.64. The van der Waals surface area contributed by atoms with Crippen LogP contribution in [0.15, 0.2) is 10.6 Å². The van der Waals surface area contributed by atoms with Crippen molar-refractivity contribution in [3.05, 3.63) is 10.6 Å². The number of esters is 1. The van der Waals surface area contributed by atoms with Crippen molar-refractivity contribution in [1.29, 1.82) is 0 Å². The van der Waals surface area contributed by atoms with Gasteiger partial charge in [-0.05, 0) is 15.9 Å². The first kappa shape index (κ1) is 6.77. The molecule has 1 rings (SSSR count). The van der Waals surface area contributed by atoms with Crippen molar-refractivity contribution in [3.8, 4) is 0 Å². The van der Waals surface area contributed by atoms with Crippen molar-refractivity contribution in [2.24, 2.45) is 0 Å². The van der Waals surface area contributed by atoms with E-state index in [2.05, 4.69) is 20.7 Å². The lowest BCUT2D eigenvalue weighted by Gasteiger charge is -2.05. The van der Waals surface area contributed by atoms with E-state index in [0.717, 1.165) is 0 Å². The third kappa shape index (κ3) is 1.31. The summed E-state index contributed by atoms with van der Waals surface area (Å²) in [6, 6.07) is 0. The van der Waals surface area contributed by atoms with Gasteiger partial charge in [-0.3, -0.25) is 0 Å². The molecule has 0 saturated carbocycles. The molecule has 0 aromatic carbocycles. The van der Waals surface area contributed by atoms with Crippen molar-refractivity contribution in [3.63, 3.8) is 0 Å². The Morgan fingerprint density at radius 2 is 2.56 bits per heavy atom. The molecular weight excluding hydrogens is 188 g/mol. The third-order valence-corrected chi connectivity index (χ3v) is 1.52. The molecular formula is C5H5BrO3. The predicted molar refractivity (Wildman–Crippen MR) is 33.9 cm³/mol. The van der Waals surface area contributed by atoms with Crippen LogP contribution in [0.5, 0.6) is 0 Å². The lowest BCUT2D eigenvalue weighted by molar-refractivity contribution is -0.154. The maximum atomic E-state index is 10.4. The summed E-state index contributed by atoms with van der Waals surface area (Å²) in [5.74, 6) is -0.367. The second-order valence-electron chi connectivity index (χ2n) is 1.53. The van der Waals surface area contributed by atoms with Crippen LogP contribution in [0.4, 0.5) is 0 Å². The molecule has 0 spiro atoms. The van der Waals surface area contributed by atoms with Gasteiger partial charge in [0.05, 0.1) is 4.48 Å². The number of cyclic esters (lactones) is 1. The summed E-state index contributed by atoms with van der Waals surface area (Å²) >= 11 is 3.10. The lowest BCUT2D eigenvalue weighted by atomic mass is 10.5. The molecule has 0 saturated heterocycles. The molecule has 0 aromatic heterocycles. The molecule has 1 aliphatic heterocycles. The predicted octanol–water partition coefficient (Wildman–Crippen LogP) is 0.795. The Labute approximate surface area is 60.8 Å². The molecule has 0 aromatic rings. The topological polar surface area (TPSA) is 35.5 Å². The molecule has 0 fully saturated rings. The van der Waals surface area contributed by atoms with E-state index in [-0.39, 0.29) is 5.97 Å². The van der Waals surface area contributed by atoms with Crippen LogP contribution in [0.3, 0.4) is 0 Å². The van der Waals surface area contributed by atoms with Crippen LogP contribution in [0, 0.1) is 0 Å². The molecule has 0 unspecified atom stereocenters. The monoisotopic (exact) mass is 192 g/mol. The lowest BCUT2D eigenvalue weighted by Crippen LogP contribution is -2.11. The first-order valence-corrected chi connectivity index (χ1v) is 3.14. The zero-order valence-electron chi connectivity index (χ0n) is 4.76. The van der Waals surface area contributed by atoms with Gasteiger partial charge in [0.2, 0.25) is 6.29 Å². The number of ether oxygens (including phenoxy) is 2. The second kappa shape index (κ2) is 2.49. The van der Waals surface area contributed by atoms with Crippen molar-refractivity contribution in [2.45, 2.75) is 6.29 Å². The van der Waals surface area contributed by atoms with Crippen LogP contribution in [0.1, 0.15) is 0 Å². The van der Waals surface area contributed by atoms with Gasteiger partial charge >= 0.3 is 5.97 Å². The van der Waals surface area contributed by atoms with E-state index in [1.54, 1.807) is 0 Å². The fourth-order valence-electron chi connectivity index (χ4n) is 0.537. The molecule has 9 heavy (non-hydrogen) atoms. The standard InChI is InChI=1S/C5H5BrO3/c1-8-5-3(6)2-4(7)9-5/h2,5H,1H3/t5-/m0/s1. The van der Waals surface area contributed by atoms with Gasteiger partial charge in [0, 0.05) is 13.2 Å². The number of rotatable bonds is 1. The van der Waals surface area contributed by atoms with Gasteiger partial charge in [0.15, 0.2) is 0 Å². The number of hydrogen-bond donors (Lipinski definition) is 0. The highest BCUT2D eigenvalue weighted by molar-refractivity contribution is 9.11. The number of carbonyl (C=O) groups is 1. The minimum Gasteiger partial charge on any atom is -0.427 e. The Kier molecular flexibility index (Phi) is 1.87. The molecule has 1 atom stereocenters. The zero-order chi connectivity index (χ0) is 6.85. The fourth-order valence-corrected chi connectivity index (χ4v) is 1.00. The van der Waals surface area contributed by atoms with Gasteiger partial charge in [0.1, 0.15) is 0 Å². The highest BCUT2D eigenvalue weighted by Gasteiger charge is 2.23. The van der Waals surface area contributed by atoms with E-state index in [9.17, 15) is 4.79 Å². The molecule has 4 heteroatoms. The summed E-state index contributed by atoms with van der Waals surface area (Å²) in [6.45, 7) is 0. The molecule has 1 heterocycles. The van der Waals surface area contributed by atoms with Crippen LogP contribution >= 0.6 is 15.9 Å². The first-order chi connectivity index (χ1) is 4.24. The first-order valence-electron chi connectivity index (χ1n) is 2.34. The second-order valence-corrected chi connectivity index (χ2v) is 2.45. The number of halogens is 1. The van der Waals surface area contributed by atoms with Gasteiger partial charge in [0.25, 0.3) is 0 Å². The Hall–Kier alpha value is -0.350. The third-order valence-electron chi connectivity index (χ3n) is 0.918. The number of carbonyl (C=O) groups excluding carboxylic acids is 1. The quantitative estimate of drug-likeness (QED) is 0.577. The number of methoxy groups -OCH3 is 1. The van der Waals surface area contributed by atoms with Crippen LogP contribution in [-0.4, -0.2) is 19.4 Å². The summed E-state index contributed by atoms with van der Waals surface area (Å²) in [7, 11) is 1.47. The van der Waals surface area contributed by atoms with Crippen molar-refractivity contribution >= 4 is 21.9 Å². The average Bonchev–Trinajstić information content (AvgIpc) is 2.10. The molecule has 0 aliphatic carbocycles. The van der Waals surface area contributed by atoms with Gasteiger partial charge in [-0.25, -0.2) is 4.79 Å². The summed E-state index contributed by atoms with van der Waals surface area (Å²) < 4.78 is 9.99. The average molecular weight is 193 g/mol. The molecule has 3 nitrogen and oxygen atoms in total. The van der Waals surface area contributed by atoms with E-state index in [1.807, 2.05) is 0 Å². The zero-order valence-corrected chi connectivity index (χ0v) is 6.34. The van der Waals surface area contributed by atoms with Gasteiger partial charge in [-0.1, -0.05) is 0 Å². The maximum absolute atomic E-state index is 10.4. The van der Waals surface area contributed by atoms with Crippen LogP contribution in [-0.2, 0) is 14.3 Å². The van der Waals surface area contributed by atoms with Crippen molar-refractivity contribution in [1.82, 2.24) is 0 Å². The Bertz CT molecular complexity index is 164. The van der Waals surface area contributed by atoms with Crippen LogP contribution in [0.2, 0.25) is 0 Å². The minimum atomic E-state index is -0.530. The largest absolute Gasteiger partial charge is 0.427 e. The fraction of sp³-hybridized carbons (Fsp3) is 0.400. The molecule has 1 aliphatic rings. The van der Waals surface area contributed by atoms with Crippen molar-refractivity contribution < 1.29 is 14.3 Å². The summed E-state index contributed by atoms with van der Waals surface area (Å²) in [5, 5.41) is 0. The summed E-state index contributed by atoms with van der Waals surface area (Å²) in [4.78, 5) is 10.4. The SMILES string of the molecule is CO[C@H]1OC(=O)C=C1Br. The van der Waals surface area contributed by atoms with Crippen LogP contribution < -0.4 is 0 Å². The molecule has 50 valence electrons. The van der Waals surface area contributed by atoms with E-state index in [0.29, 0.717) is 4.48 Å². The minimum absolute atomic E-state index is 0.367. The molecule has 0 amide bonds. The van der Waals surface area contributed by atoms with Crippen LogP contribution in [0.25, 0.3) is 0 Å². The smallest absolute Gasteiger partial charge is 0.334 e. The summed E-state index contributed by atoms with van der Waals surface area (Å²) in [6.07, 6.45) is 0.811. The Morgan fingerprint density at radius 3 is 2.78 bits per heavy atom.